The molecule has 1 aromatic heterocycles. The Morgan fingerprint density at radius 1 is 1.09 bits per heavy atom. The molecule has 6 rings (SSSR count). The Bertz CT molecular complexity index is 1800. The van der Waals surface area contributed by atoms with E-state index in [2.05, 4.69) is 17.4 Å². The predicted molar refractivity (Wildman–Crippen MR) is 177 cm³/mol. The van der Waals surface area contributed by atoms with Crippen molar-refractivity contribution in [2.24, 2.45) is 23.5 Å². The topological polar surface area (TPSA) is 149 Å². The number of rotatable bonds is 11. The standard InChI is InChI=1S/C33H35N3O6S3/c1-42-24-7-3-6-22(15-24)29(37)16-20-8-10-25(20)19-4-2-5-21(14-19)28-17-43-33(35-28)31-27(34)12-13-30(44-31)36-32(38)26-11-9-23(26)18-45(39,40)41/h2-7,13-15,17,20,23,25-26H,8-12,16,18,34H2,1H3,(H,36,38)(H,39,40,41). The number of carbonyl (C=O) groups excluding carboxylic acids is 2. The smallest absolute Gasteiger partial charge is 0.265 e. The van der Waals surface area contributed by atoms with Gasteiger partial charge in [-0.05, 0) is 73.3 Å². The normalized spacial score (nSPS) is 23.0. The second kappa shape index (κ2) is 13.1. The van der Waals surface area contributed by atoms with Crippen molar-refractivity contribution in [2.75, 3.05) is 12.9 Å². The van der Waals surface area contributed by atoms with Crippen LogP contribution in [0.2, 0.25) is 0 Å². The molecule has 0 saturated heterocycles. The van der Waals surface area contributed by atoms with Gasteiger partial charge in [-0.1, -0.05) is 42.1 Å². The number of nitrogens with two attached hydrogens (primary N) is 1. The molecule has 1 amide bonds. The number of amides is 1. The minimum Gasteiger partial charge on any atom is -0.497 e. The van der Waals surface area contributed by atoms with Gasteiger partial charge in [-0.2, -0.15) is 8.42 Å². The van der Waals surface area contributed by atoms with Crippen molar-refractivity contribution >= 4 is 49.8 Å². The third-order valence-electron chi connectivity index (χ3n) is 9.00. The van der Waals surface area contributed by atoms with Gasteiger partial charge in [-0.15, -0.1) is 11.3 Å². The average Bonchev–Trinajstić information content (AvgIpc) is 3.48. The molecule has 12 heteroatoms. The van der Waals surface area contributed by atoms with Crippen LogP contribution in [0.25, 0.3) is 16.2 Å². The lowest BCUT2D eigenvalue weighted by molar-refractivity contribution is -0.128. The molecule has 4 N–H and O–H groups in total. The van der Waals surface area contributed by atoms with Crippen molar-refractivity contribution in [3.8, 4) is 17.0 Å². The van der Waals surface area contributed by atoms with Gasteiger partial charge in [0.25, 0.3) is 10.1 Å². The fourth-order valence-corrected chi connectivity index (χ4v) is 9.11. The highest BCUT2D eigenvalue weighted by Crippen LogP contribution is 2.46. The highest BCUT2D eigenvalue weighted by molar-refractivity contribution is 8.12. The van der Waals surface area contributed by atoms with Crippen molar-refractivity contribution in [3.05, 3.63) is 86.8 Å². The van der Waals surface area contributed by atoms with E-state index in [9.17, 15) is 22.6 Å². The van der Waals surface area contributed by atoms with E-state index in [-0.39, 0.29) is 23.5 Å². The van der Waals surface area contributed by atoms with Crippen molar-refractivity contribution in [1.29, 1.82) is 0 Å². The van der Waals surface area contributed by atoms with Crippen LogP contribution in [0.5, 0.6) is 5.75 Å². The average molecular weight is 666 g/mol. The van der Waals surface area contributed by atoms with Gasteiger partial charge >= 0.3 is 0 Å². The summed E-state index contributed by atoms with van der Waals surface area (Å²) in [6.07, 6.45) is 6.05. The number of benzene rings is 2. The number of nitrogens with one attached hydrogen (secondary N) is 1. The molecule has 1 aliphatic heterocycles. The summed E-state index contributed by atoms with van der Waals surface area (Å²) in [7, 11) is -2.53. The highest BCUT2D eigenvalue weighted by Gasteiger charge is 2.39. The third-order valence-corrected chi connectivity index (χ3v) is 12.0. The number of thiazole rings is 1. The monoisotopic (exact) mass is 665 g/mol. The van der Waals surface area contributed by atoms with Crippen LogP contribution in [-0.2, 0) is 14.9 Å². The van der Waals surface area contributed by atoms with Crippen molar-refractivity contribution in [3.63, 3.8) is 0 Å². The van der Waals surface area contributed by atoms with Gasteiger partial charge in [-0.3, -0.25) is 14.1 Å². The molecule has 0 spiro atoms. The molecule has 2 heterocycles. The van der Waals surface area contributed by atoms with Gasteiger partial charge in [-0.25, -0.2) is 4.98 Å². The van der Waals surface area contributed by atoms with Crippen LogP contribution < -0.4 is 15.8 Å². The van der Waals surface area contributed by atoms with Crippen LogP contribution in [0.1, 0.15) is 65.4 Å². The summed E-state index contributed by atoms with van der Waals surface area (Å²) in [6.45, 7) is 0. The second-order valence-corrected chi connectivity index (χ2v) is 15.3. The first-order valence-electron chi connectivity index (χ1n) is 14.9. The Hall–Kier alpha value is -3.45. The van der Waals surface area contributed by atoms with Crippen LogP contribution in [0.4, 0.5) is 0 Å². The van der Waals surface area contributed by atoms with Gasteiger partial charge in [0.1, 0.15) is 10.8 Å². The lowest BCUT2D eigenvalue weighted by Crippen LogP contribution is -2.42. The Labute approximate surface area is 271 Å². The number of thioether (sulfide) groups is 1. The number of ketones is 1. The number of hydrogen-bond donors (Lipinski definition) is 3. The molecule has 3 aliphatic rings. The Kier molecular flexibility index (Phi) is 9.19. The molecule has 236 valence electrons. The molecule has 45 heavy (non-hydrogen) atoms. The van der Waals surface area contributed by atoms with E-state index in [1.54, 1.807) is 13.2 Å². The number of carbonyl (C=O) groups is 2. The summed E-state index contributed by atoms with van der Waals surface area (Å²) in [5.41, 5.74) is 10.8. The molecule has 4 unspecified atom stereocenters. The summed E-state index contributed by atoms with van der Waals surface area (Å²) in [5.74, 6) is -0.0560. The van der Waals surface area contributed by atoms with E-state index in [0.29, 0.717) is 53.6 Å². The summed E-state index contributed by atoms with van der Waals surface area (Å²) in [5, 5.41) is 6.33. The molecule has 2 fully saturated rings. The van der Waals surface area contributed by atoms with Gasteiger partial charge in [0.2, 0.25) is 5.91 Å². The van der Waals surface area contributed by atoms with Crippen LogP contribution in [0, 0.1) is 17.8 Å². The predicted octanol–water partition coefficient (Wildman–Crippen LogP) is 6.22. The fourth-order valence-electron chi connectivity index (χ4n) is 6.21. The van der Waals surface area contributed by atoms with E-state index in [0.717, 1.165) is 34.0 Å². The number of allylic oxidation sites excluding steroid dienone is 1. The zero-order chi connectivity index (χ0) is 31.7. The summed E-state index contributed by atoms with van der Waals surface area (Å²) in [4.78, 5) is 31.6. The van der Waals surface area contributed by atoms with Gasteiger partial charge in [0.05, 0.1) is 28.5 Å². The second-order valence-electron chi connectivity index (χ2n) is 11.9. The number of nitrogens with zero attached hydrogens (tertiary/aromatic N) is 1. The van der Waals surface area contributed by atoms with Gasteiger partial charge < -0.3 is 15.8 Å². The lowest BCUT2D eigenvalue weighted by atomic mass is 9.67. The van der Waals surface area contributed by atoms with Crippen LogP contribution >= 0.6 is 23.1 Å². The molecule has 2 aliphatic carbocycles. The van der Waals surface area contributed by atoms with Gasteiger partial charge in [0.15, 0.2) is 5.78 Å². The minimum atomic E-state index is -4.13. The van der Waals surface area contributed by atoms with E-state index in [4.69, 9.17) is 15.5 Å². The molecule has 0 radical (unpaired) electrons. The Morgan fingerprint density at radius 3 is 2.60 bits per heavy atom. The maximum Gasteiger partial charge on any atom is 0.265 e. The van der Waals surface area contributed by atoms with E-state index < -0.39 is 21.8 Å². The van der Waals surface area contributed by atoms with Crippen LogP contribution in [0.3, 0.4) is 0 Å². The maximum atomic E-state index is 13.0. The zero-order valence-corrected chi connectivity index (χ0v) is 27.2. The molecule has 4 atom stereocenters. The first-order chi connectivity index (χ1) is 21.6. The summed E-state index contributed by atoms with van der Waals surface area (Å²) in [6, 6.07) is 15.7. The van der Waals surface area contributed by atoms with Crippen LogP contribution in [-0.4, -0.2) is 42.5 Å². The maximum absolute atomic E-state index is 13.0. The summed E-state index contributed by atoms with van der Waals surface area (Å²) < 4.78 is 37.0. The first-order valence-corrected chi connectivity index (χ1v) is 18.2. The number of hydrogen-bond acceptors (Lipinski definition) is 9. The number of aromatic nitrogens is 1. The highest BCUT2D eigenvalue weighted by atomic mass is 32.2. The van der Waals surface area contributed by atoms with Crippen molar-refractivity contribution in [2.45, 2.75) is 44.4 Å². The SMILES string of the molecule is COc1cccc(C(=O)CC2CCC2c2cccc(-c3csc(C4=C(N)CC=C(NC(=O)C5CCC5CS(=O)(=O)O)S4)n3)c2)c1. The zero-order valence-electron chi connectivity index (χ0n) is 24.8. The largest absolute Gasteiger partial charge is 0.497 e. The molecule has 3 aromatic rings. The molecule has 9 nitrogen and oxygen atoms in total. The number of Topliss-reactive ketones (excluding diaryl/α,β-unsaturated/α-hetero) is 1. The molecule has 0 bridgehead atoms. The van der Waals surface area contributed by atoms with Crippen molar-refractivity contribution in [1.82, 2.24) is 10.3 Å². The molecule has 2 saturated carbocycles. The molecule has 2 aromatic carbocycles. The lowest BCUT2D eigenvalue weighted by Gasteiger charge is -2.37. The number of ether oxygens (including phenoxy) is 1. The van der Waals surface area contributed by atoms with E-state index >= 15 is 0 Å². The first kappa shape index (κ1) is 31.5. The fraction of sp³-hybridized carbons (Fsp3) is 0.364. The van der Waals surface area contributed by atoms with E-state index in [1.807, 2.05) is 41.8 Å². The molecular weight excluding hydrogens is 631 g/mol. The molecular formula is C33H35N3O6S3. The minimum absolute atomic E-state index is 0.134. The summed E-state index contributed by atoms with van der Waals surface area (Å²) >= 11 is 2.84. The van der Waals surface area contributed by atoms with Gasteiger partial charge in [0, 0.05) is 41.0 Å². The Morgan fingerprint density at radius 2 is 1.89 bits per heavy atom. The van der Waals surface area contributed by atoms with E-state index in [1.165, 1.54) is 28.7 Å². The van der Waals surface area contributed by atoms with Crippen LogP contribution in [0.15, 0.2) is 70.7 Å². The quantitative estimate of drug-likeness (QED) is 0.160. The third kappa shape index (κ3) is 7.19. The number of methoxy groups -OCH3 is 1. The van der Waals surface area contributed by atoms with Crippen molar-refractivity contribution < 1.29 is 27.3 Å². The Balaban J connectivity index is 1.10.